The van der Waals surface area contributed by atoms with E-state index in [1.165, 1.54) is 4.90 Å². The van der Waals surface area contributed by atoms with Gasteiger partial charge in [-0.1, -0.05) is 138 Å². The second-order valence-corrected chi connectivity index (χ2v) is 12.7. The molecular formula is C41H37ClN2O5. The van der Waals surface area contributed by atoms with E-state index in [0.29, 0.717) is 21.7 Å². The van der Waals surface area contributed by atoms with E-state index in [4.69, 9.17) is 21.1 Å². The smallest absolute Gasteiger partial charge is 0.407 e. The van der Waals surface area contributed by atoms with Crippen molar-refractivity contribution in [3.63, 3.8) is 0 Å². The molecule has 5 aromatic rings. The molecule has 0 heterocycles. The maximum Gasteiger partial charge on any atom is 0.407 e. The minimum absolute atomic E-state index is 0.0598. The summed E-state index contributed by atoms with van der Waals surface area (Å²) in [6, 6.07) is 39.0. The molecule has 49 heavy (non-hydrogen) atoms. The van der Waals surface area contributed by atoms with Crippen molar-refractivity contribution < 1.29 is 23.9 Å². The van der Waals surface area contributed by atoms with Gasteiger partial charge < -0.3 is 19.7 Å². The van der Waals surface area contributed by atoms with E-state index in [1.54, 1.807) is 20.2 Å². The molecular weight excluding hydrogens is 636 g/mol. The SMILES string of the molecule is Cc1ccc(C(OC(=O)C[C@H](NC(=O)OCC2c3ccccc3-c3ccccc32)C(=O)N(C)C)(c2ccccc2)c2ccccc2Cl)cc1. The Labute approximate surface area is 291 Å². The zero-order valence-electron chi connectivity index (χ0n) is 27.6. The fourth-order valence-corrected chi connectivity index (χ4v) is 6.80. The van der Waals surface area contributed by atoms with Gasteiger partial charge in [0.25, 0.3) is 0 Å². The number of likely N-dealkylation sites (N-methyl/N-ethyl adjacent to an activating group) is 1. The minimum atomic E-state index is -1.46. The molecule has 0 aromatic heterocycles. The number of hydrogen-bond acceptors (Lipinski definition) is 5. The number of nitrogens with one attached hydrogen (secondary N) is 1. The number of rotatable bonds is 10. The van der Waals surface area contributed by atoms with Crippen LogP contribution in [-0.4, -0.2) is 49.6 Å². The topological polar surface area (TPSA) is 84.9 Å². The second-order valence-electron chi connectivity index (χ2n) is 12.3. The average molecular weight is 673 g/mol. The van der Waals surface area contributed by atoms with E-state index in [-0.39, 0.29) is 12.5 Å². The molecule has 0 spiro atoms. The minimum Gasteiger partial charge on any atom is -0.449 e. The predicted molar refractivity (Wildman–Crippen MR) is 190 cm³/mol. The molecule has 1 N–H and O–H groups in total. The summed E-state index contributed by atoms with van der Waals surface area (Å²) in [6.07, 6.45) is -1.26. The van der Waals surface area contributed by atoms with Crippen LogP contribution < -0.4 is 5.32 Å². The quantitative estimate of drug-likeness (QED) is 0.121. The first-order valence-corrected chi connectivity index (χ1v) is 16.5. The third-order valence-electron chi connectivity index (χ3n) is 8.90. The van der Waals surface area contributed by atoms with Gasteiger partial charge in [0.2, 0.25) is 5.91 Å². The number of fused-ring (bicyclic) bond motifs is 3. The van der Waals surface area contributed by atoms with E-state index < -0.39 is 36.0 Å². The first-order valence-electron chi connectivity index (χ1n) is 16.1. The molecule has 0 radical (unpaired) electrons. The van der Waals surface area contributed by atoms with Crippen molar-refractivity contribution in [1.82, 2.24) is 10.2 Å². The molecule has 1 unspecified atom stereocenters. The Morgan fingerprint density at radius 2 is 1.31 bits per heavy atom. The van der Waals surface area contributed by atoms with E-state index in [0.717, 1.165) is 27.8 Å². The standard InChI is InChI=1S/C41H37ClN2O5/c1-27-21-23-29(24-22-27)41(28-13-5-4-6-14-28,35-19-11-12-20-36(35)42)49-38(45)25-37(39(46)44(2)3)43-40(47)48-26-34-32-17-9-7-15-30(32)31-16-8-10-18-33(31)34/h4-24,34,37H,25-26H2,1-3H3,(H,43,47)/t37-,41?/m0/s1. The van der Waals surface area contributed by atoms with Crippen molar-refractivity contribution >= 4 is 29.6 Å². The Kier molecular flexibility index (Phi) is 9.83. The molecule has 6 rings (SSSR count). The molecule has 2 amide bonds. The number of hydrogen-bond donors (Lipinski definition) is 1. The summed E-state index contributed by atoms with van der Waals surface area (Å²) in [6.45, 7) is 2.03. The summed E-state index contributed by atoms with van der Waals surface area (Å²) in [7, 11) is 3.12. The van der Waals surface area contributed by atoms with Gasteiger partial charge in [-0.3, -0.25) is 9.59 Å². The number of aryl methyl sites for hydroxylation is 1. The van der Waals surface area contributed by atoms with Gasteiger partial charge in [-0.15, -0.1) is 0 Å². The predicted octanol–water partition coefficient (Wildman–Crippen LogP) is 7.87. The van der Waals surface area contributed by atoms with Gasteiger partial charge in [0, 0.05) is 41.7 Å². The molecule has 5 aromatic carbocycles. The number of ether oxygens (including phenoxy) is 2. The Hall–Kier alpha value is -5.40. The van der Waals surface area contributed by atoms with Crippen LogP contribution in [0.1, 0.15) is 45.7 Å². The highest BCUT2D eigenvalue weighted by atomic mass is 35.5. The number of alkyl carbamates (subject to hydrolysis) is 1. The zero-order chi connectivity index (χ0) is 34.5. The van der Waals surface area contributed by atoms with Crippen LogP contribution in [0.4, 0.5) is 4.79 Å². The summed E-state index contributed by atoms with van der Waals surface area (Å²) < 4.78 is 12.2. The zero-order valence-corrected chi connectivity index (χ0v) is 28.3. The van der Waals surface area contributed by atoms with Crippen LogP contribution in [-0.2, 0) is 24.7 Å². The molecule has 1 aliphatic rings. The molecule has 0 aliphatic heterocycles. The maximum absolute atomic E-state index is 14.1. The lowest BCUT2D eigenvalue weighted by molar-refractivity contribution is -0.155. The highest BCUT2D eigenvalue weighted by Crippen LogP contribution is 2.45. The highest BCUT2D eigenvalue weighted by Gasteiger charge is 2.43. The van der Waals surface area contributed by atoms with Crippen LogP contribution >= 0.6 is 11.6 Å². The number of benzene rings is 5. The molecule has 0 saturated heterocycles. The number of nitrogens with zero attached hydrogens (tertiary/aromatic N) is 1. The van der Waals surface area contributed by atoms with Crippen molar-refractivity contribution in [2.24, 2.45) is 0 Å². The Morgan fingerprint density at radius 1 is 0.755 bits per heavy atom. The van der Waals surface area contributed by atoms with Crippen LogP contribution in [0.25, 0.3) is 11.1 Å². The summed E-state index contributed by atoms with van der Waals surface area (Å²) in [5.74, 6) is -1.37. The Balaban J connectivity index is 1.27. The number of halogens is 1. The molecule has 2 atom stereocenters. The van der Waals surface area contributed by atoms with E-state index >= 15 is 0 Å². The maximum atomic E-state index is 14.1. The number of carbonyl (C=O) groups excluding carboxylic acids is 3. The number of esters is 1. The van der Waals surface area contributed by atoms with E-state index in [2.05, 4.69) is 17.4 Å². The van der Waals surface area contributed by atoms with Crippen LogP contribution in [0, 0.1) is 6.92 Å². The second kappa shape index (κ2) is 14.4. The van der Waals surface area contributed by atoms with Gasteiger partial charge in [-0.2, -0.15) is 0 Å². The molecule has 7 nitrogen and oxygen atoms in total. The molecule has 8 heteroatoms. The number of amides is 2. The van der Waals surface area contributed by atoms with Crippen molar-refractivity contribution in [2.45, 2.75) is 30.9 Å². The fraction of sp³-hybridized carbons (Fsp3) is 0.195. The Morgan fingerprint density at radius 3 is 1.92 bits per heavy atom. The number of carbonyl (C=O) groups is 3. The summed E-state index contributed by atoms with van der Waals surface area (Å²) >= 11 is 6.82. The van der Waals surface area contributed by atoms with Gasteiger partial charge >= 0.3 is 12.1 Å². The third-order valence-corrected chi connectivity index (χ3v) is 9.23. The monoisotopic (exact) mass is 672 g/mol. The van der Waals surface area contributed by atoms with Gasteiger partial charge in [0.05, 0.1) is 6.42 Å². The van der Waals surface area contributed by atoms with E-state index in [9.17, 15) is 14.4 Å². The lowest BCUT2D eigenvalue weighted by Gasteiger charge is -2.36. The first kappa shape index (κ1) is 33.5. The van der Waals surface area contributed by atoms with Gasteiger partial charge in [0.15, 0.2) is 5.60 Å². The fourth-order valence-electron chi connectivity index (χ4n) is 6.53. The highest BCUT2D eigenvalue weighted by molar-refractivity contribution is 6.31. The lowest BCUT2D eigenvalue weighted by atomic mass is 9.79. The summed E-state index contributed by atoms with van der Waals surface area (Å²) in [4.78, 5) is 42.1. The molecule has 0 fully saturated rings. The first-order chi connectivity index (χ1) is 23.7. The molecule has 1 aliphatic carbocycles. The third kappa shape index (κ3) is 6.80. The summed E-state index contributed by atoms with van der Waals surface area (Å²) in [5, 5.41) is 3.05. The Bertz CT molecular complexity index is 1930. The van der Waals surface area contributed by atoms with Crippen LogP contribution in [0.2, 0.25) is 5.02 Å². The van der Waals surface area contributed by atoms with Crippen molar-refractivity contribution in [3.05, 3.63) is 166 Å². The molecule has 0 bridgehead atoms. The van der Waals surface area contributed by atoms with Gasteiger partial charge in [-0.05, 0) is 35.2 Å². The van der Waals surface area contributed by atoms with Gasteiger partial charge in [-0.25, -0.2) is 4.79 Å². The van der Waals surface area contributed by atoms with Crippen molar-refractivity contribution in [3.8, 4) is 11.1 Å². The van der Waals surface area contributed by atoms with Crippen molar-refractivity contribution in [1.29, 1.82) is 0 Å². The van der Waals surface area contributed by atoms with E-state index in [1.807, 2.05) is 116 Å². The van der Waals surface area contributed by atoms with Crippen molar-refractivity contribution in [2.75, 3.05) is 20.7 Å². The van der Waals surface area contributed by atoms with Crippen LogP contribution in [0.5, 0.6) is 0 Å². The lowest BCUT2D eigenvalue weighted by Crippen LogP contribution is -2.48. The normalized spacial score (nSPS) is 13.7. The largest absolute Gasteiger partial charge is 0.449 e. The molecule has 248 valence electrons. The van der Waals surface area contributed by atoms with Crippen LogP contribution in [0.15, 0.2) is 127 Å². The molecule has 0 saturated carbocycles. The summed E-state index contributed by atoms with van der Waals surface area (Å²) in [5.41, 5.74) is 5.79. The average Bonchev–Trinajstić information content (AvgIpc) is 3.43. The van der Waals surface area contributed by atoms with Gasteiger partial charge in [0.1, 0.15) is 12.6 Å². The van der Waals surface area contributed by atoms with Crippen LogP contribution in [0.3, 0.4) is 0 Å².